The zero-order chi connectivity index (χ0) is 9.23. The smallest absolute Gasteiger partial charge is 0.158 e. The van der Waals surface area contributed by atoms with Crippen molar-refractivity contribution < 1.29 is 9.53 Å². The summed E-state index contributed by atoms with van der Waals surface area (Å²) in [6, 6.07) is 0. The summed E-state index contributed by atoms with van der Waals surface area (Å²) in [6.45, 7) is 2.16. The van der Waals surface area contributed by atoms with Gasteiger partial charge in [-0.1, -0.05) is 26.2 Å². The predicted molar refractivity (Wildman–Crippen MR) is 49.9 cm³/mol. The standard InChI is InChI=1S/C10H18O2/c1-3-4-5-6-7-10(11)8-9-12-2/h8-9H,3-7H2,1-2H3/b9-8+. The molecule has 0 heterocycles. The van der Waals surface area contributed by atoms with Gasteiger partial charge in [0.25, 0.3) is 0 Å². The lowest BCUT2D eigenvalue weighted by molar-refractivity contribution is -0.114. The van der Waals surface area contributed by atoms with Crippen molar-refractivity contribution in [2.45, 2.75) is 39.0 Å². The quantitative estimate of drug-likeness (QED) is 0.333. The van der Waals surface area contributed by atoms with Gasteiger partial charge in [0.05, 0.1) is 13.4 Å². The number of ketones is 1. The minimum absolute atomic E-state index is 0.160. The third-order valence-electron chi connectivity index (χ3n) is 1.67. The molecule has 0 N–H and O–H groups in total. The van der Waals surface area contributed by atoms with Crippen LogP contribution in [0, 0.1) is 0 Å². The molecule has 0 saturated carbocycles. The maximum absolute atomic E-state index is 11.0. The molecule has 0 aliphatic carbocycles. The SMILES string of the molecule is CCCCCCC(=O)/C=C/OC. The number of carbonyl (C=O) groups excluding carboxylic acids is 1. The average molecular weight is 170 g/mol. The Morgan fingerprint density at radius 1 is 1.33 bits per heavy atom. The van der Waals surface area contributed by atoms with Gasteiger partial charge >= 0.3 is 0 Å². The Bertz CT molecular complexity index is 139. The van der Waals surface area contributed by atoms with Crippen molar-refractivity contribution >= 4 is 5.78 Å². The molecule has 0 saturated heterocycles. The average Bonchev–Trinajstić information content (AvgIpc) is 2.09. The van der Waals surface area contributed by atoms with Crippen molar-refractivity contribution in [1.82, 2.24) is 0 Å². The Morgan fingerprint density at radius 2 is 2.08 bits per heavy atom. The van der Waals surface area contributed by atoms with Gasteiger partial charge in [0.1, 0.15) is 0 Å². The number of unbranched alkanes of at least 4 members (excludes halogenated alkanes) is 3. The predicted octanol–water partition coefficient (Wildman–Crippen LogP) is 2.69. The van der Waals surface area contributed by atoms with Gasteiger partial charge in [0, 0.05) is 12.5 Å². The van der Waals surface area contributed by atoms with Crippen molar-refractivity contribution in [2.75, 3.05) is 7.11 Å². The molecule has 0 rings (SSSR count). The van der Waals surface area contributed by atoms with E-state index < -0.39 is 0 Å². The van der Waals surface area contributed by atoms with E-state index in [-0.39, 0.29) is 5.78 Å². The highest BCUT2D eigenvalue weighted by atomic mass is 16.5. The van der Waals surface area contributed by atoms with Gasteiger partial charge in [-0.05, 0) is 6.42 Å². The Morgan fingerprint density at radius 3 is 2.67 bits per heavy atom. The molecule has 2 heteroatoms. The number of methoxy groups -OCH3 is 1. The van der Waals surface area contributed by atoms with E-state index in [1.165, 1.54) is 25.2 Å². The van der Waals surface area contributed by atoms with E-state index in [4.69, 9.17) is 0 Å². The van der Waals surface area contributed by atoms with Crippen LogP contribution in [0.4, 0.5) is 0 Å². The first-order chi connectivity index (χ1) is 5.81. The second kappa shape index (κ2) is 8.31. The van der Waals surface area contributed by atoms with Crippen molar-refractivity contribution in [3.63, 3.8) is 0 Å². The van der Waals surface area contributed by atoms with E-state index in [9.17, 15) is 4.79 Å². The molecule has 0 aromatic carbocycles. The summed E-state index contributed by atoms with van der Waals surface area (Å²) < 4.78 is 4.64. The maximum atomic E-state index is 11.0. The summed E-state index contributed by atoms with van der Waals surface area (Å²) in [4.78, 5) is 11.0. The fraction of sp³-hybridized carbons (Fsp3) is 0.700. The molecule has 0 unspecified atom stereocenters. The minimum Gasteiger partial charge on any atom is -0.504 e. The van der Waals surface area contributed by atoms with Crippen LogP contribution in [0.25, 0.3) is 0 Å². The fourth-order valence-electron chi connectivity index (χ4n) is 0.953. The highest BCUT2D eigenvalue weighted by Crippen LogP contribution is 2.03. The van der Waals surface area contributed by atoms with Crippen LogP contribution in [-0.4, -0.2) is 12.9 Å². The summed E-state index contributed by atoms with van der Waals surface area (Å²) in [5.41, 5.74) is 0. The summed E-state index contributed by atoms with van der Waals surface area (Å²) in [5.74, 6) is 0.160. The summed E-state index contributed by atoms with van der Waals surface area (Å²) in [7, 11) is 1.54. The van der Waals surface area contributed by atoms with Gasteiger partial charge < -0.3 is 4.74 Å². The number of rotatable bonds is 7. The van der Waals surface area contributed by atoms with Gasteiger partial charge in [-0.25, -0.2) is 0 Å². The van der Waals surface area contributed by atoms with Gasteiger partial charge in [-0.3, -0.25) is 4.79 Å². The largest absolute Gasteiger partial charge is 0.504 e. The lowest BCUT2D eigenvalue weighted by Gasteiger charge is -1.95. The number of carbonyl (C=O) groups is 1. The van der Waals surface area contributed by atoms with Crippen LogP contribution in [0.1, 0.15) is 39.0 Å². The van der Waals surface area contributed by atoms with E-state index in [1.807, 2.05) is 0 Å². The molecular formula is C10H18O2. The van der Waals surface area contributed by atoms with Crippen LogP contribution < -0.4 is 0 Å². The molecule has 0 amide bonds. The summed E-state index contributed by atoms with van der Waals surface area (Å²) >= 11 is 0. The highest BCUT2D eigenvalue weighted by Gasteiger charge is 1.95. The monoisotopic (exact) mass is 170 g/mol. The van der Waals surface area contributed by atoms with Crippen molar-refractivity contribution in [2.24, 2.45) is 0 Å². The third kappa shape index (κ3) is 7.32. The molecular weight excluding hydrogens is 152 g/mol. The Labute approximate surface area is 74.6 Å². The van der Waals surface area contributed by atoms with E-state index in [0.29, 0.717) is 6.42 Å². The number of hydrogen-bond acceptors (Lipinski definition) is 2. The van der Waals surface area contributed by atoms with Crippen LogP contribution in [0.5, 0.6) is 0 Å². The van der Waals surface area contributed by atoms with Crippen LogP contribution >= 0.6 is 0 Å². The van der Waals surface area contributed by atoms with E-state index in [0.717, 1.165) is 12.8 Å². The highest BCUT2D eigenvalue weighted by molar-refractivity contribution is 5.89. The Hall–Kier alpha value is -0.790. The maximum Gasteiger partial charge on any atom is 0.158 e. The third-order valence-corrected chi connectivity index (χ3v) is 1.67. The zero-order valence-corrected chi connectivity index (χ0v) is 8.01. The molecule has 0 fully saturated rings. The minimum atomic E-state index is 0.160. The summed E-state index contributed by atoms with van der Waals surface area (Å²) in [5, 5.41) is 0. The van der Waals surface area contributed by atoms with Crippen molar-refractivity contribution in [3.8, 4) is 0 Å². The molecule has 70 valence electrons. The Kier molecular flexibility index (Phi) is 7.76. The van der Waals surface area contributed by atoms with Gasteiger partial charge in [-0.2, -0.15) is 0 Å². The molecule has 0 aromatic rings. The number of allylic oxidation sites excluding steroid dienone is 1. The van der Waals surface area contributed by atoms with E-state index in [2.05, 4.69) is 11.7 Å². The second-order valence-electron chi connectivity index (χ2n) is 2.82. The molecule has 2 nitrogen and oxygen atoms in total. The molecule has 0 atom stereocenters. The van der Waals surface area contributed by atoms with Crippen LogP contribution in [0.3, 0.4) is 0 Å². The van der Waals surface area contributed by atoms with Gasteiger partial charge in [-0.15, -0.1) is 0 Å². The molecule has 0 aromatic heterocycles. The normalized spacial score (nSPS) is 10.5. The lowest BCUT2D eigenvalue weighted by atomic mass is 10.1. The topological polar surface area (TPSA) is 26.3 Å². The number of ether oxygens (including phenoxy) is 1. The van der Waals surface area contributed by atoms with Gasteiger partial charge in [0.15, 0.2) is 5.78 Å². The molecule has 0 aliphatic heterocycles. The Balaban J connectivity index is 3.25. The lowest BCUT2D eigenvalue weighted by Crippen LogP contribution is -1.92. The summed E-state index contributed by atoms with van der Waals surface area (Å²) in [6.07, 6.45) is 8.17. The van der Waals surface area contributed by atoms with E-state index >= 15 is 0 Å². The fourth-order valence-corrected chi connectivity index (χ4v) is 0.953. The van der Waals surface area contributed by atoms with Crippen molar-refractivity contribution in [3.05, 3.63) is 12.3 Å². The molecule has 12 heavy (non-hydrogen) atoms. The second-order valence-corrected chi connectivity index (χ2v) is 2.82. The molecule has 0 radical (unpaired) electrons. The van der Waals surface area contributed by atoms with E-state index in [1.54, 1.807) is 7.11 Å². The van der Waals surface area contributed by atoms with Gasteiger partial charge in [0.2, 0.25) is 0 Å². The molecule has 0 spiro atoms. The van der Waals surface area contributed by atoms with Crippen LogP contribution in [0.2, 0.25) is 0 Å². The first-order valence-electron chi connectivity index (χ1n) is 4.53. The number of hydrogen-bond donors (Lipinski definition) is 0. The van der Waals surface area contributed by atoms with Crippen LogP contribution in [-0.2, 0) is 9.53 Å². The first kappa shape index (κ1) is 11.2. The first-order valence-corrected chi connectivity index (χ1v) is 4.53. The van der Waals surface area contributed by atoms with Crippen molar-refractivity contribution in [1.29, 1.82) is 0 Å². The molecule has 0 aliphatic rings. The molecule has 0 bridgehead atoms. The van der Waals surface area contributed by atoms with Crippen LogP contribution in [0.15, 0.2) is 12.3 Å². The zero-order valence-electron chi connectivity index (χ0n) is 8.01.